The monoisotopic (exact) mass is 200 g/mol. The van der Waals surface area contributed by atoms with Crippen molar-refractivity contribution in [3.05, 3.63) is 47.7 Å². The molecular weight excluding hydrogens is 186 g/mol. The van der Waals surface area contributed by atoms with Crippen LogP contribution in [0.1, 0.15) is 17.5 Å². The second-order valence-electron chi connectivity index (χ2n) is 3.83. The molecule has 0 unspecified atom stereocenters. The molecule has 2 nitrogen and oxygen atoms in total. The third-order valence-corrected chi connectivity index (χ3v) is 2.43. The maximum Gasteiger partial charge on any atom is 0.173 e. The van der Waals surface area contributed by atoms with Crippen LogP contribution >= 0.6 is 0 Å². The molecule has 0 aromatic heterocycles. The first-order valence-corrected chi connectivity index (χ1v) is 5.10. The Hall–Kier alpha value is -1.70. The van der Waals surface area contributed by atoms with E-state index in [9.17, 15) is 4.79 Å². The van der Waals surface area contributed by atoms with E-state index in [4.69, 9.17) is 0 Å². The van der Waals surface area contributed by atoms with Crippen LogP contribution in [-0.4, -0.2) is 16.6 Å². The minimum atomic E-state index is 0.176. The lowest BCUT2D eigenvalue weighted by Gasteiger charge is -2.02. The fourth-order valence-corrected chi connectivity index (χ4v) is 1.65. The summed E-state index contributed by atoms with van der Waals surface area (Å²) >= 11 is 0. The van der Waals surface area contributed by atoms with Gasteiger partial charge in [-0.2, -0.15) is 0 Å². The molecule has 1 heterocycles. The van der Waals surface area contributed by atoms with Crippen molar-refractivity contribution in [3.8, 4) is 0 Å². The number of benzene rings is 1. The summed E-state index contributed by atoms with van der Waals surface area (Å²) in [6, 6.07) is 8.41. The summed E-state index contributed by atoms with van der Waals surface area (Å²) < 4.78 is 2.05. The van der Waals surface area contributed by atoms with E-state index >= 15 is 0 Å². The Morgan fingerprint density at radius 1 is 1.40 bits per heavy atom. The van der Waals surface area contributed by atoms with E-state index in [1.807, 2.05) is 12.4 Å². The van der Waals surface area contributed by atoms with E-state index < -0.39 is 0 Å². The van der Waals surface area contributed by atoms with Crippen molar-refractivity contribution in [2.24, 2.45) is 0 Å². The third-order valence-electron chi connectivity index (χ3n) is 2.43. The van der Waals surface area contributed by atoms with Crippen molar-refractivity contribution in [1.29, 1.82) is 0 Å². The van der Waals surface area contributed by atoms with Crippen LogP contribution < -0.4 is 0 Å². The third kappa shape index (κ3) is 2.62. The topological polar surface area (TPSA) is 20.1 Å². The molecule has 1 aromatic rings. The second-order valence-corrected chi connectivity index (χ2v) is 3.83. The summed E-state index contributed by atoms with van der Waals surface area (Å²) in [6.45, 7) is 2.92. The van der Waals surface area contributed by atoms with Crippen LogP contribution in [0, 0.1) is 6.92 Å². The fraction of sp³-hybridized carbons (Fsp3) is 0.231. The van der Waals surface area contributed by atoms with Gasteiger partial charge in [0.2, 0.25) is 0 Å². The van der Waals surface area contributed by atoms with Gasteiger partial charge in [-0.15, -0.1) is 0 Å². The number of carbonyl (C=O) groups is 1. The van der Waals surface area contributed by atoms with Crippen LogP contribution in [0.3, 0.4) is 0 Å². The number of allylic oxidation sites excluding steroid dienone is 1. The van der Waals surface area contributed by atoms with Crippen molar-refractivity contribution in [1.82, 2.24) is 0 Å². The lowest BCUT2D eigenvalue weighted by Crippen LogP contribution is -2.13. The Balaban J connectivity index is 2.10. The summed E-state index contributed by atoms with van der Waals surface area (Å²) in [5.41, 5.74) is 2.54. The summed E-state index contributed by atoms with van der Waals surface area (Å²) in [5, 5.41) is 0. The van der Waals surface area contributed by atoms with Gasteiger partial charge in [-0.25, -0.2) is 4.58 Å². The fourth-order valence-electron chi connectivity index (χ4n) is 1.65. The quantitative estimate of drug-likeness (QED) is 0.669. The first-order valence-electron chi connectivity index (χ1n) is 5.10. The minimum Gasteiger partial charge on any atom is -0.294 e. The van der Waals surface area contributed by atoms with E-state index in [0.717, 1.165) is 6.54 Å². The van der Waals surface area contributed by atoms with E-state index in [1.54, 1.807) is 6.08 Å². The van der Waals surface area contributed by atoms with Crippen molar-refractivity contribution < 1.29 is 9.37 Å². The van der Waals surface area contributed by atoms with Crippen LogP contribution in [0.2, 0.25) is 0 Å². The number of aryl methyl sites for hydroxylation is 1. The highest BCUT2D eigenvalue weighted by Gasteiger charge is 2.10. The SMILES string of the molecule is Cc1cccc(C[N+]2=CCC(=O)C=C2)c1. The Morgan fingerprint density at radius 2 is 2.27 bits per heavy atom. The van der Waals surface area contributed by atoms with Crippen LogP contribution in [0.5, 0.6) is 0 Å². The highest BCUT2D eigenvalue weighted by molar-refractivity contribution is 5.98. The maximum absolute atomic E-state index is 11.0. The number of hydrogen-bond acceptors (Lipinski definition) is 1. The molecule has 0 N–H and O–H groups in total. The van der Waals surface area contributed by atoms with Crippen LogP contribution in [0.15, 0.2) is 36.5 Å². The molecule has 1 aliphatic heterocycles. The smallest absolute Gasteiger partial charge is 0.173 e. The number of nitrogens with zero attached hydrogens (tertiary/aromatic N) is 1. The molecule has 2 rings (SSSR count). The van der Waals surface area contributed by atoms with E-state index in [1.165, 1.54) is 11.1 Å². The average molecular weight is 200 g/mol. The highest BCUT2D eigenvalue weighted by Crippen LogP contribution is 2.06. The van der Waals surface area contributed by atoms with Gasteiger partial charge in [0.15, 0.2) is 24.7 Å². The second kappa shape index (κ2) is 4.22. The number of rotatable bonds is 2. The maximum atomic E-state index is 11.0. The zero-order valence-electron chi connectivity index (χ0n) is 8.81. The zero-order chi connectivity index (χ0) is 10.7. The molecule has 0 spiro atoms. The molecule has 1 aliphatic rings. The van der Waals surface area contributed by atoms with Gasteiger partial charge in [0, 0.05) is 11.6 Å². The number of carbonyl (C=O) groups excluding carboxylic acids is 1. The van der Waals surface area contributed by atoms with Crippen LogP contribution in [-0.2, 0) is 11.3 Å². The molecule has 0 saturated heterocycles. The molecule has 0 amide bonds. The first kappa shape index (κ1) is 9.84. The lowest BCUT2D eigenvalue weighted by molar-refractivity contribution is -0.471. The molecule has 0 fully saturated rings. The molecular formula is C13H14NO+. The largest absolute Gasteiger partial charge is 0.294 e. The molecule has 1 aromatic carbocycles. The zero-order valence-corrected chi connectivity index (χ0v) is 8.81. The van der Waals surface area contributed by atoms with Gasteiger partial charge >= 0.3 is 0 Å². The summed E-state index contributed by atoms with van der Waals surface area (Å²) in [5.74, 6) is 0.176. The van der Waals surface area contributed by atoms with Crippen molar-refractivity contribution in [2.75, 3.05) is 0 Å². The lowest BCUT2D eigenvalue weighted by atomic mass is 10.1. The van der Waals surface area contributed by atoms with Gasteiger partial charge in [-0.1, -0.05) is 23.8 Å². The standard InChI is InChI=1S/C13H14NO/c1-11-3-2-4-12(9-11)10-14-7-5-13(15)6-8-14/h2-5,7-9H,6,10H2,1H3/q+1. The van der Waals surface area contributed by atoms with Gasteiger partial charge < -0.3 is 0 Å². The highest BCUT2D eigenvalue weighted by atomic mass is 16.1. The Morgan fingerprint density at radius 3 is 2.93 bits per heavy atom. The van der Waals surface area contributed by atoms with Crippen molar-refractivity contribution >= 4 is 12.0 Å². The van der Waals surface area contributed by atoms with E-state index in [2.05, 4.69) is 35.8 Å². The van der Waals surface area contributed by atoms with Crippen LogP contribution in [0.25, 0.3) is 0 Å². The molecule has 0 aliphatic carbocycles. The molecule has 2 heteroatoms. The van der Waals surface area contributed by atoms with E-state index in [-0.39, 0.29) is 5.78 Å². The average Bonchev–Trinajstić information content (AvgIpc) is 2.22. The van der Waals surface area contributed by atoms with Crippen LogP contribution in [0.4, 0.5) is 0 Å². The van der Waals surface area contributed by atoms with E-state index in [0.29, 0.717) is 6.42 Å². The molecule has 76 valence electrons. The number of hydrogen-bond donors (Lipinski definition) is 0. The Kier molecular flexibility index (Phi) is 2.77. The van der Waals surface area contributed by atoms with Crippen molar-refractivity contribution in [2.45, 2.75) is 19.9 Å². The van der Waals surface area contributed by atoms with Gasteiger partial charge in [-0.05, 0) is 13.0 Å². The van der Waals surface area contributed by atoms with Gasteiger partial charge in [-0.3, -0.25) is 4.79 Å². The Bertz CT molecular complexity index is 444. The molecule has 0 radical (unpaired) electrons. The van der Waals surface area contributed by atoms with Gasteiger partial charge in [0.05, 0.1) is 6.42 Å². The minimum absolute atomic E-state index is 0.176. The summed E-state index contributed by atoms with van der Waals surface area (Å²) in [7, 11) is 0. The molecule has 0 atom stereocenters. The van der Waals surface area contributed by atoms with Crippen molar-refractivity contribution in [3.63, 3.8) is 0 Å². The van der Waals surface area contributed by atoms with Gasteiger partial charge in [0.1, 0.15) is 0 Å². The predicted octanol–water partition coefficient (Wildman–Crippen LogP) is 2.06. The molecule has 0 bridgehead atoms. The summed E-state index contributed by atoms with van der Waals surface area (Å²) in [4.78, 5) is 11.0. The predicted molar refractivity (Wildman–Crippen MR) is 60.0 cm³/mol. The van der Waals surface area contributed by atoms with Gasteiger partial charge in [0.25, 0.3) is 0 Å². The Labute approximate surface area is 89.6 Å². The number of ketones is 1. The molecule has 15 heavy (non-hydrogen) atoms. The summed E-state index contributed by atoms with van der Waals surface area (Å²) in [6.07, 6.45) is 5.93. The normalized spacial score (nSPS) is 15.3. The first-order chi connectivity index (χ1) is 7.24. The molecule has 0 saturated carbocycles.